The van der Waals surface area contributed by atoms with E-state index in [1.54, 1.807) is 72.8 Å². The molecule has 11 rings (SSSR count). The minimum Gasteiger partial charge on any atom is -0.309 e. The first-order valence-electron chi connectivity index (χ1n) is 19.5. The van der Waals surface area contributed by atoms with Gasteiger partial charge in [0.15, 0.2) is 15.6 Å². The van der Waals surface area contributed by atoms with E-state index in [0.29, 0.717) is 43.5 Å². The summed E-state index contributed by atoms with van der Waals surface area (Å²) in [5.74, 6) is -0.367. The highest BCUT2D eigenvalue weighted by Crippen LogP contribution is 2.49. The van der Waals surface area contributed by atoms with Gasteiger partial charge in [0.25, 0.3) is 0 Å². The summed E-state index contributed by atoms with van der Waals surface area (Å²) in [6, 6.07) is 54.7. The predicted octanol–water partition coefficient (Wildman–Crippen LogP) is 11.1. The summed E-state index contributed by atoms with van der Waals surface area (Å²) in [6.07, 6.45) is 0. The van der Waals surface area contributed by atoms with Crippen LogP contribution in [0.2, 0.25) is 0 Å². The van der Waals surface area contributed by atoms with Gasteiger partial charge in [-0.2, -0.15) is 0 Å². The molecule has 0 amide bonds. The maximum absolute atomic E-state index is 14.5. The number of hydrogen-bond acceptors (Lipinski definition) is 8. The van der Waals surface area contributed by atoms with Crippen molar-refractivity contribution in [2.45, 2.75) is 30.2 Å². The number of carbonyl (C=O) groups excluding carboxylic acids is 1. The largest absolute Gasteiger partial charge is 0.309 e. The number of hydrogen-bond donors (Lipinski definition) is 0. The van der Waals surface area contributed by atoms with Crippen LogP contribution in [-0.4, -0.2) is 26.8 Å². The molecule has 3 aliphatic heterocycles. The highest BCUT2D eigenvalue weighted by atomic mass is 32.2. The quantitative estimate of drug-likeness (QED) is 0.172. The van der Waals surface area contributed by atoms with Gasteiger partial charge >= 0.3 is 0 Å². The molecule has 0 radical (unpaired) electrons. The zero-order valence-corrected chi connectivity index (χ0v) is 34.5. The number of fused-ring (bicyclic) bond motifs is 6. The van der Waals surface area contributed by atoms with Crippen molar-refractivity contribution in [3.05, 3.63) is 199 Å². The molecule has 296 valence electrons. The van der Waals surface area contributed by atoms with E-state index in [1.165, 1.54) is 0 Å². The summed E-state index contributed by atoms with van der Waals surface area (Å²) < 4.78 is 68.6. The van der Waals surface area contributed by atoms with Crippen LogP contribution in [0.15, 0.2) is 206 Å². The first-order valence-corrected chi connectivity index (χ1v) is 23.8. The second kappa shape index (κ2) is 13.8. The Hall–Kier alpha value is -6.92. The van der Waals surface area contributed by atoms with Crippen LogP contribution in [0.4, 0.5) is 34.1 Å². The van der Waals surface area contributed by atoms with Gasteiger partial charge in [0.1, 0.15) is 0 Å². The SMILES string of the molecule is O=C1c2cc(-c3cccc(N4c5ccccc5CS(=O)(=O)c5ccccc54)c3)ccc2S(=O)c2ccc(-c3cccc(N4c5ccccc5S(=O)(=O)c5ccccc54)c3)cc21. The maximum atomic E-state index is 14.5. The average molecular weight is 853 g/mol. The Kier molecular flexibility index (Phi) is 8.40. The fraction of sp³-hybridized carbons (Fsp3) is 0.0200. The van der Waals surface area contributed by atoms with Gasteiger partial charge in [-0.3, -0.25) is 4.79 Å². The molecule has 0 aromatic heterocycles. The Morgan fingerprint density at radius 2 is 0.852 bits per heavy atom. The van der Waals surface area contributed by atoms with Crippen LogP contribution in [0, 0.1) is 0 Å². The van der Waals surface area contributed by atoms with Crippen molar-refractivity contribution < 1.29 is 25.8 Å². The second-order valence-electron chi connectivity index (χ2n) is 15.1. The van der Waals surface area contributed by atoms with E-state index in [0.717, 1.165) is 39.3 Å². The van der Waals surface area contributed by atoms with Crippen LogP contribution >= 0.6 is 0 Å². The summed E-state index contributed by atoms with van der Waals surface area (Å²) in [4.78, 5) is 20.0. The smallest absolute Gasteiger partial charge is 0.210 e. The molecule has 0 fully saturated rings. The van der Waals surface area contributed by atoms with Gasteiger partial charge in [0.2, 0.25) is 9.84 Å². The van der Waals surface area contributed by atoms with Gasteiger partial charge in [0.05, 0.1) is 63.8 Å². The van der Waals surface area contributed by atoms with E-state index in [4.69, 9.17) is 0 Å². The molecule has 3 heterocycles. The molecule has 3 aliphatic rings. The van der Waals surface area contributed by atoms with Crippen LogP contribution in [0.25, 0.3) is 22.3 Å². The number of carbonyl (C=O) groups is 1. The van der Waals surface area contributed by atoms with Crippen molar-refractivity contribution in [2.24, 2.45) is 0 Å². The first-order chi connectivity index (χ1) is 29.6. The first kappa shape index (κ1) is 37.1. The maximum Gasteiger partial charge on any atom is 0.210 e. The molecule has 0 saturated heterocycles. The molecule has 8 aromatic carbocycles. The van der Waals surface area contributed by atoms with Crippen molar-refractivity contribution in [1.29, 1.82) is 0 Å². The van der Waals surface area contributed by atoms with Gasteiger partial charge in [-0.05, 0) is 119 Å². The van der Waals surface area contributed by atoms with E-state index in [1.807, 2.05) is 119 Å². The fourth-order valence-electron chi connectivity index (χ4n) is 8.72. The van der Waals surface area contributed by atoms with Gasteiger partial charge in [0, 0.05) is 22.5 Å². The van der Waals surface area contributed by atoms with Crippen LogP contribution < -0.4 is 9.80 Å². The summed E-state index contributed by atoms with van der Waals surface area (Å²) >= 11 is 0. The van der Waals surface area contributed by atoms with Crippen molar-refractivity contribution in [2.75, 3.05) is 9.80 Å². The Balaban J connectivity index is 0.964. The monoisotopic (exact) mass is 852 g/mol. The highest BCUT2D eigenvalue weighted by molar-refractivity contribution is 7.92. The number of anilines is 6. The van der Waals surface area contributed by atoms with Gasteiger partial charge in [-0.15, -0.1) is 0 Å². The lowest BCUT2D eigenvalue weighted by molar-refractivity contribution is 0.103. The molecule has 1 unspecified atom stereocenters. The van der Waals surface area contributed by atoms with E-state index >= 15 is 0 Å². The zero-order chi connectivity index (χ0) is 41.6. The lowest BCUT2D eigenvalue weighted by Crippen LogP contribution is -2.22. The molecule has 0 aliphatic carbocycles. The van der Waals surface area contributed by atoms with Gasteiger partial charge in [-0.1, -0.05) is 91.0 Å². The Bertz CT molecular complexity index is 3400. The molecule has 8 aromatic rings. The minimum absolute atomic E-state index is 0.122. The molecular weight excluding hydrogens is 821 g/mol. The Labute approximate surface area is 355 Å². The van der Waals surface area contributed by atoms with Crippen LogP contribution in [0.3, 0.4) is 0 Å². The lowest BCUT2D eigenvalue weighted by atomic mass is 9.95. The lowest BCUT2D eigenvalue weighted by Gasteiger charge is -2.33. The third kappa shape index (κ3) is 5.83. The Morgan fingerprint density at radius 3 is 1.39 bits per heavy atom. The molecule has 0 spiro atoms. The van der Waals surface area contributed by atoms with Crippen molar-refractivity contribution >= 4 is 70.4 Å². The average Bonchev–Trinajstić information content (AvgIpc) is 3.39. The Morgan fingerprint density at radius 1 is 0.426 bits per heavy atom. The third-order valence-electron chi connectivity index (χ3n) is 11.5. The normalized spacial score (nSPS) is 16.5. The summed E-state index contributed by atoms with van der Waals surface area (Å²) in [5, 5.41) is 0. The van der Waals surface area contributed by atoms with E-state index in [2.05, 4.69) is 0 Å². The van der Waals surface area contributed by atoms with Crippen LogP contribution in [-0.2, 0) is 36.2 Å². The summed E-state index contributed by atoms with van der Waals surface area (Å²) in [5.41, 5.74) is 8.35. The number of benzene rings is 8. The molecule has 0 bridgehead atoms. The van der Waals surface area contributed by atoms with Gasteiger partial charge < -0.3 is 9.80 Å². The number of para-hydroxylation sites is 4. The molecule has 61 heavy (non-hydrogen) atoms. The molecule has 11 heteroatoms. The topological polar surface area (TPSA) is 109 Å². The number of sulfone groups is 2. The van der Waals surface area contributed by atoms with E-state index < -0.39 is 30.5 Å². The highest BCUT2D eigenvalue weighted by Gasteiger charge is 2.35. The van der Waals surface area contributed by atoms with E-state index in [9.17, 15) is 25.8 Å². The number of ketones is 1. The molecule has 1 atom stereocenters. The van der Waals surface area contributed by atoms with Crippen LogP contribution in [0.1, 0.15) is 21.5 Å². The van der Waals surface area contributed by atoms with E-state index in [-0.39, 0.29) is 26.2 Å². The van der Waals surface area contributed by atoms with Crippen molar-refractivity contribution in [3.8, 4) is 22.3 Å². The van der Waals surface area contributed by atoms with Gasteiger partial charge in [-0.25, -0.2) is 21.0 Å². The third-order valence-corrected chi connectivity index (χ3v) is 16.6. The number of nitrogens with zero attached hydrogens (tertiary/aromatic N) is 2. The van der Waals surface area contributed by atoms with Crippen molar-refractivity contribution in [3.63, 3.8) is 0 Å². The van der Waals surface area contributed by atoms with Crippen LogP contribution in [0.5, 0.6) is 0 Å². The predicted molar refractivity (Wildman–Crippen MR) is 238 cm³/mol. The van der Waals surface area contributed by atoms with Crippen molar-refractivity contribution in [1.82, 2.24) is 0 Å². The molecule has 0 N–H and O–H groups in total. The molecule has 0 saturated carbocycles. The second-order valence-corrected chi connectivity index (χ2v) is 20.3. The number of rotatable bonds is 4. The molecule has 8 nitrogen and oxygen atoms in total. The standard InChI is InChI=1S/C50H32N2O6S3/c53-50-39-29-34(32-12-9-14-37(27-32)51-41-16-2-1-11-36(41)31-60(55,56)47-20-6-3-17-42(47)51)23-25-45(39)59(54)46-26-24-35(30-40(46)50)33-13-10-15-38(28-33)52-43-18-4-7-21-48(43)61(57,58)49-22-8-5-19-44(49)52/h1-30H,31H2. The minimum atomic E-state index is -3.74. The molecular formula is C50H32N2O6S3. The summed E-state index contributed by atoms with van der Waals surface area (Å²) in [7, 11) is -8.98. The fourth-order valence-corrected chi connectivity index (χ4v) is 13.2. The summed E-state index contributed by atoms with van der Waals surface area (Å²) in [6.45, 7) is 0. The zero-order valence-electron chi connectivity index (χ0n) is 32.1.